The molecule has 0 saturated carbocycles. The normalized spacial score (nSPS) is 14.3. The molecule has 0 radical (unpaired) electrons. The molecule has 67 heavy (non-hydrogen) atoms. The van der Waals surface area contributed by atoms with E-state index in [1.54, 1.807) is 0 Å². The van der Waals surface area contributed by atoms with E-state index in [0.717, 1.165) is 61.9 Å². The standard InChI is InChI=1S/C61H56N4O.Pt/c1-40-26-27-42-35-56-53(34-43(42)31-40)52-29-28-49(38-57(52)65(56)58-25-13-14-30-62-58)66-48-20-15-19-47(37-48)63-39-64(55-24-12-11-23-54(55)63)59-50(41-17-9-8-10-18-41)21-16-22-51(59)44-32-45(60(2,3)4)36-46(33-44)61(5,6)7;/h8-25,28-30,32-38,40H,26-27,31H2,1-7H3;. The number of imidazole rings is 1. The Hall–Kier alpha value is -6.55. The van der Waals surface area contributed by atoms with Gasteiger partial charge < -0.3 is 0 Å². The maximum atomic E-state index is 6.87. The second-order valence-electron chi connectivity index (χ2n) is 20.6. The number of hydrogen-bond acceptors (Lipinski definition) is 2. The SMILES string of the molecule is CC1CCc2cc3c(cc2C1)c1ccc(Oc2cccc(-n4[c](=[Pt])n(-c5c(-c6ccccc6)cccc5-c5cc(C(C)(C)C)cc(C(C)(C)C)c5)c5ccccc54)c2)cc1n3-c1ccccn1. The quantitative estimate of drug-likeness (QED) is 0.159. The monoisotopic (exact) mass is 1060 g/mol. The smallest absolute Gasteiger partial charge is 0.0570 e. The minimum absolute atomic E-state index is 0.0281. The van der Waals surface area contributed by atoms with Gasteiger partial charge >= 0.3 is 346 Å². The molecule has 7 aromatic carbocycles. The molecular weight excluding hydrogens is 1000 g/mol. The molecular formula is C61H56N4OPt. The first-order valence-corrected chi connectivity index (χ1v) is 24.8. The van der Waals surface area contributed by atoms with E-state index < -0.39 is 0 Å². The molecule has 3 aromatic heterocycles. The number of para-hydroxylation sites is 3. The molecule has 0 N–H and O–H groups in total. The van der Waals surface area contributed by atoms with Gasteiger partial charge in [-0.25, -0.2) is 0 Å². The summed E-state index contributed by atoms with van der Waals surface area (Å²) in [6.45, 7) is 16.3. The van der Waals surface area contributed by atoms with Gasteiger partial charge in [0.25, 0.3) is 0 Å². The average Bonchev–Trinajstić information content (AvgIpc) is 3.80. The first-order valence-electron chi connectivity index (χ1n) is 23.6. The summed E-state index contributed by atoms with van der Waals surface area (Å²) in [5, 5.41) is 2.47. The van der Waals surface area contributed by atoms with Gasteiger partial charge in [-0.3, -0.25) is 0 Å². The van der Waals surface area contributed by atoms with Gasteiger partial charge in [-0.1, -0.05) is 13.0 Å². The number of aromatic nitrogens is 4. The number of benzene rings is 7. The van der Waals surface area contributed by atoms with Gasteiger partial charge in [0.1, 0.15) is 0 Å². The Morgan fingerprint density at radius 1 is 0.537 bits per heavy atom. The topological polar surface area (TPSA) is 36.9 Å². The van der Waals surface area contributed by atoms with Crippen molar-refractivity contribution in [3.63, 3.8) is 0 Å². The molecule has 1 aliphatic rings. The Balaban J connectivity index is 1.06. The Labute approximate surface area is 404 Å². The van der Waals surface area contributed by atoms with Gasteiger partial charge in [0.15, 0.2) is 0 Å². The minimum atomic E-state index is -0.0281. The van der Waals surface area contributed by atoms with E-state index in [1.165, 1.54) is 67.2 Å². The minimum Gasteiger partial charge on any atom is -0.0570 e. The van der Waals surface area contributed by atoms with Crippen molar-refractivity contribution in [3.8, 4) is 50.9 Å². The van der Waals surface area contributed by atoms with Crippen molar-refractivity contribution >= 4 is 32.8 Å². The van der Waals surface area contributed by atoms with Crippen molar-refractivity contribution in [2.75, 3.05) is 0 Å². The van der Waals surface area contributed by atoms with Gasteiger partial charge in [-0.2, -0.15) is 0 Å². The van der Waals surface area contributed by atoms with Crippen LogP contribution in [0.2, 0.25) is 0 Å². The molecule has 0 saturated heterocycles. The molecule has 0 amide bonds. The first kappa shape index (κ1) is 43.0. The Bertz CT molecular complexity index is 3550. The summed E-state index contributed by atoms with van der Waals surface area (Å²) in [6, 6.07) is 59.7. The fourth-order valence-electron chi connectivity index (χ4n) is 10.1. The molecule has 6 heteroatoms. The van der Waals surface area contributed by atoms with Gasteiger partial charge in [0, 0.05) is 6.20 Å². The third-order valence-corrected chi connectivity index (χ3v) is 14.8. The molecule has 336 valence electrons. The number of pyridine rings is 1. The van der Waals surface area contributed by atoms with Crippen LogP contribution in [0.3, 0.4) is 0 Å². The fourth-order valence-corrected chi connectivity index (χ4v) is 11.2. The third-order valence-electron chi connectivity index (χ3n) is 13.7. The summed E-state index contributed by atoms with van der Waals surface area (Å²) in [5.41, 5.74) is 17.0. The van der Waals surface area contributed by atoms with E-state index in [4.69, 9.17) is 9.72 Å². The van der Waals surface area contributed by atoms with Crippen LogP contribution in [0.4, 0.5) is 0 Å². The Morgan fingerprint density at radius 2 is 1.19 bits per heavy atom. The number of hydrogen-bond donors (Lipinski definition) is 0. The second kappa shape index (κ2) is 16.6. The van der Waals surface area contributed by atoms with E-state index in [2.05, 4.69) is 239 Å². The number of ether oxygens (including phenoxy) is 1. The third kappa shape index (κ3) is 7.81. The van der Waals surface area contributed by atoms with Crippen LogP contribution < -0.4 is 4.74 Å². The predicted molar refractivity (Wildman–Crippen MR) is 274 cm³/mol. The molecule has 0 fully saturated rings. The first-order chi connectivity index (χ1) is 32.3. The van der Waals surface area contributed by atoms with Crippen LogP contribution in [0.15, 0.2) is 170 Å². The number of aryl methyl sites for hydroxylation is 1. The average molecular weight is 1060 g/mol. The van der Waals surface area contributed by atoms with Crippen molar-refractivity contribution in [1.29, 1.82) is 0 Å². The molecule has 1 unspecified atom stereocenters. The van der Waals surface area contributed by atoms with Crippen molar-refractivity contribution in [2.24, 2.45) is 5.92 Å². The van der Waals surface area contributed by atoms with Crippen LogP contribution in [0.1, 0.15) is 77.1 Å². The van der Waals surface area contributed by atoms with Crippen LogP contribution >= 0.6 is 0 Å². The molecule has 1 atom stereocenters. The zero-order valence-electron chi connectivity index (χ0n) is 39.4. The molecule has 3 heterocycles. The van der Waals surface area contributed by atoms with Crippen molar-refractivity contribution in [1.82, 2.24) is 18.7 Å². The summed E-state index contributed by atoms with van der Waals surface area (Å²) in [7, 11) is 0. The number of rotatable bonds is 7. The molecule has 1 aliphatic carbocycles. The zero-order chi connectivity index (χ0) is 46.2. The Morgan fingerprint density at radius 3 is 1.91 bits per heavy atom. The fraction of sp³-hybridized carbons (Fsp3) is 0.213. The van der Waals surface area contributed by atoms with Crippen molar-refractivity contribution < 1.29 is 24.1 Å². The van der Waals surface area contributed by atoms with Crippen LogP contribution in [0.5, 0.6) is 11.5 Å². The van der Waals surface area contributed by atoms with Gasteiger partial charge in [-0.05, 0) is 42.4 Å². The van der Waals surface area contributed by atoms with Crippen molar-refractivity contribution in [3.05, 3.63) is 196 Å². The molecule has 0 bridgehead atoms. The number of nitrogens with zero attached hydrogens (tertiary/aromatic N) is 4. The van der Waals surface area contributed by atoms with Crippen LogP contribution in [-0.4, -0.2) is 18.7 Å². The van der Waals surface area contributed by atoms with E-state index in [0.29, 0.717) is 5.92 Å². The van der Waals surface area contributed by atoms with Crippen LogP contribution in [0.25, 0.3) is 72.3 Å². The second-order valence-corrected chi connectivity index (χ2v) is 21.6. The van der Waals surface area contributed by atoms with Gasteiger partial charge in [0.05, 0.1) is 0 Å². The van der Waals surface area contributed by atoms with E-state index in [1.807, 2.05) is 12.3 Å². The summed E-state index contributed by atoms with van der Waals surface area (Å²) in [5.74, 6) is 3.14. The van der Waals surface area contributed by atoms with E-state index in [9.17, 15) is 0 Å². The molecule has 0 aliphatic heterocycles. The Kier molecular flexibility index (Phi) is 10.7. The molecule has 5 nitrogen and oxygen atoms in total. The summed E-state index contributed by atoms with van der Waals surface area (Å²) in [6.07, 6.45) is 5.34. The summed E-state index contributed by atoms with van der Waals surface area (Å²) >= 11 is 2.54. The van der Waals surface area contributed by atoms with Gasteiger partial charge in [0.2, 0.25) is 0 Å². The van der Waals surface area contributed by atoms with E-state index in [-0.39, 0.29) is 10.8 Å². The van der Waals surface area contributed by atoms with Crippen LogP contribution in [-0.2, 0) is 43.0 Å². The molecule has 0 spiro atoms. The molecule has 10 aromatic rings. The predicted octanol–water partition coefficient (Wildman–Crippen LogP) is 15.8. The van der Waals surface area contributed by atoms with Gasteiger partial charge in [-0.15, -0.1) is 0 Å². The summed E-state index contributed by atoms with van der Waals surface area (Å²) < 4.78 is 15.1. The van der Waals surface area contributed by atoms with Crippen LogP contribution in [0, 0.1) is 9.72 Å². The molecule has 11 rings (SSSR count). The van der Waals surface area contributed by atoms with E-state index >= 15 is 0 Å². The summed E-state index contributed by atoms with van der Waals surface area (Å²) in [4.78, 5) is 4.85. The maximum absolute atomic E-state index is 6.87. The zero-order valence-corrected chi connectivity index (χ0v) is 41.7. The number of fused-ring (bicyclic) bond motifs is 5. The van der Waals surface area contributed by atoms with Crippen molar-refractivity contribution in [2.45, 2.75) is 78.6 Å².